The van der Waals surface area contributed by atoms with Crippen LogP contribution in [0.3, 0.4) is 0 Å². The molecule has 1 saturated heterocycles. The number of nitrogens with zero attached hydrogens (tertiary/aromatic N) is 2. The first-order valence-electron chi connectivity index (χ1n) is 9.47. The van der Waals surface area contributed by atoms with Crippen molar-refractivity contribution in [3.63, 3.8) is 0 Å². The summed E-state index contributed by atoms with van der Waals surface area (Å²) in [6, 6.07) is 5.09. The Morgan fingerprint density at radius 3 is 2.83 bits per heavy atom. The summed E-state index contributed by atoms with van der Waals surface area (Å²) in [6.07, 6.45) is 3.60. The zero-order chi connectivity index (χ0) is 20.4. The van der Waals surface area contributed by atoms with Gasteiger partial charge in [-0.1, -0.05) is 12.1 Å². The van der Waals surface area contributed by atoms with E-state index in [2.05, 4.69) is 5.32 Å². The number of amides is 4. The van der Waals surface area contributed by atoms with E-state index in [1.807, 2.05) is 0 Å². The summed E-state index contributed by atoms with van der Waals surface area (Å²) in [5.74, 6) is -1.03. The largest absolute Gasteiger partial charge is 0.501 e. The van der Waals surface area contributed by atoms with Gasteiger partial charge in [-0.25, -0.2) is 9.18 Å². The Morgan fingerprint density at radius 1 is 1.31 bits per heavy atom. The maximum Gasteiger partial charge on any atom is 0.501 e. The maximum atomic E-state index is 13.2. The minimum atomic E-state index is -0.556. The Hall–Kier alpha value is -2.52. The molecule has 9 heteroatoms. The van der Waals surface area contributed by atoms with Crippen LogP contribution in [0.5, 0.6) is 0 Å². The van der Waals surface area contributed by atoms with Crippen molar-refractivity contribution in [3.05, 3.63) is 47.1 Å². The molecule has 3 heterocycles. The third kappa shape index (κ3) is 4.25. The summed E-state index contributed by atoms with van der Waals surface area (Å²) in [4.78, 5) is 39.4. The number of nitrogens with one attached hydrogen (secondary N) is 1. The molecule has 3 aliphatic heterocycles. The predicted octanol–water partition coefficient (Wildman–Crippen LogP) is 1.67. The standard InChI is InChI=1S/C20H20FN3O4S/c21-14-5-3-13(4-6-14)11-24-19(26)18-16(7-9-29-18)23(20(24)27)12-17(25)22-10-15-2-1-8-28-15/h3-7,9,15,18H,1-2,8,10-12H2/p+1. The molecule has 1 N–H and O–H groups in total. The van der Waals surface area contributed by atoms with Crippen molar-refractivity contribution in [3.8, 4) is 0 Å². The van der Waals surface area contributed by atoms with E-state index in [9.17, 15) is 18.8 Å². The predicted molar refractivity (Wildman–Crippen MR) is 105 cm³/mol. The molecular formula is C20H21FN3O4S+. The summed E-state index contributed by atoms with van der Waals surface area (Å²) in [5.41, 5.74) is 1.16. The molecule has 29 heavy (non-hydrogen) atoms. The van der Waals surface area contributed by atoms with E-state index in [0.717, 1.165) is 17.7 Å². The van der Waals surface area contributed by atoms with E-state index in [4.69, 9.17) is 4.74 Å². The van der Waals surface area contributed by atoms with Gasteiger partial charge in [-0.2, -0.15) is 14.3 Å². The first-order chi connectivity index (χ1) is 14.0. The van der Waals surface area contributed by atoms with Crippen molar-refractivity contribution in [1.29, 1.82) is 0 Å². The van der Waals surface area contributed by atoms with E-state index in [1.165, 1.54) is 40.6 Å². The fraction of sp³-hybridized carbons (Fsp3) is 0.400. The zero-order valence-corrected chi connectivity index (χ0v) is 16.5. The maximum absolute atomic E-state index is 13.2. The number of ether oxygens (including phenoxy) is 1. The fourth-order valence-electron chi connectivity index (χ4n) is 3.56. The van der Waals surface area contributed by atoms with Crippen LogP contribution in [-0.2, 0) is 20.9 Å². The molecule has 3 aliphatic rings. The lowest BCUT2D eigenvalue weighted by Gasteiger charge is -2.24. The van der Waals surface area contributed by atoms with E-state index in [1.54, 1.807) is 11.5 Å². The minimum Gasteiger partial charge on any atom is -0.376 e. The number of carbonyl (C=O) groups excluding carboxylic acids is 3. The van der Waals surface area contributed by atoms with E-state index >= 15 is 0 Å². The Bertz CT molecular complexity index is 893. The number of fused-ring (bicyclic) bond motifs is 1. The molecule has 0 aromatic heterocycles. The van der Waals surface area contributed by atoms with Crippen LogP contribution >= 0.6 is 11.8 Å². The number of thioether (sulfide) groups is 1. The van der Waals surface area contributed by atoms with Crippen LogP contribution < -0.4 is 5.32 Å². The molecule has 0 aliphatic carbocycles. The highest BCUT2D eigenvalue weighted by Crippen LogP contribution is 2.28. The average molecular weight is 418 g/mol. The molecule has 2 unspecified atom stereocenters. The summed E-state index contributed by atoms with van der Waals surface area (Å²) in [6.45, 7) is 0.960. The third-order valence-electron chi connectivity index (χ3n) is 5.09. The molecule has 0 spiro atoms. The van der Waals surface area contributed by atoms with Crippen molar-refractivity contribution in [1.82, 2.24) is 10.2 Å². The quantitative estimate of drug-likeness (QED) is 0.711. The van der Waals surface area contributed by atoms with Gasteiger partial charge in [-0.3, -0.25) is 4.79 Å². The summed E-state index contributed by atoms with van der Waals surface area (Å²) in [5, 5.41) is 4.00. The van der Waals surface area contributed by atoms with Crippen molar-refractivity contribution in [2.24, 2.45) is 0 Å². The molecule has 4 rings (SSSR count). The molecule has 1 aromatic carbocycles. The van der Waals surface area contributed by atoms with Gasteiger partial charge in [-0.05, 0) is 42.0 Å². The highest BCUT2D eigenvalue weighted by Gasteiger charge is 2.49. The number of halogens is 1. The van der Waals surface area contributed by atoms with Gasteiger partial charge in [-0.15, -0.1) is 11.8 Å². The number of allylic oxidation sites excluding steroid dienone is 1. The molecule has 7 nitrogen and oxygen atoms in total. The van der Waals surface area contributed by atoms with Gasteiger partial charge in [0, 0.05) is 13.2 Å². The van der Waals surface area contributed by atoms with E-state index in [-0.39, 0.29) is 36.8 Å². The number of rotatable bonds is 6. The molecule has 0 bridgehead atoms. The smallest absolute Gasteiger partial charge is 0.376 e. The zero-order valence-electron chi connectivity index (χ0n) is 15.7. The lowest BCUT2D eigenvalue weighted by Crippen LogP contribution is -2.56. The van der Waals surface area contributed by atoms with Gasteiger partial charge < -0.3 is 10.1 Å². The van der Waals surface area contributed by atoms with Gasteiger partial charge in [0.05, 0.1) is 6.10 Å². The molecule has 0 radical (unpaired) electrons. The van der Waals surface area contributed by atoms with E-state index < -0.39 is 11.3 Å². The highest BCUT2D eigenvalue weighted by atomic mass is 32.2. The third-order valence-corrected chi connectivity index (χ3v) is 6.10. The molecule has 1 fully saturated rings. The van der Waals surface area contributed by atoms with Crippen molar-refractivity contribution in [2.75, 3.05) is 19.7 Å². The van der Waals surface area contributed by atoms with Crippen LogP contribution in [0.2, 0.25) is 0 Å². The second-order valence-corrected chi connectivity index (χ2v) is 8.12. The van der Waals surface area contributed by atoms with Crippen LogP contribution in [-0.4, -0.2) is 64.1 Å². The SMILES string of the molecule is O=C(C[N+]1=C2C=CSC2C(=O)N(Cc2ccc(F)cc2)C1=O)NCC1CCCO1. The van der Waals surface area contributed by atoms with Crippen molar-refractivity contribution in [2.45, 2.75) is 30.7 Å². The molecule has 1 aromatic rings. The Labute approximate surface area is 171 Å². The Balaban J connectivity index is 1.49. The molecule has 4 amide bonds. The second kappa shape index (κ2) is 8.46. The van der Waals surface area contributed by atoms with Crippen LogP contribution in [0.15, 0.2) is 35.7 Å². The van der Waals surface area contributed by atoms with Crippen LogP contribution in [0.1, 0.15) is 18.4 Å². The summed E-state index contributed by atoms with van der Waals surface area (Å²) >= 11 is 1.30. The first-order valence-corrected chi connectivity index (χ1v) is 10.4. The molecule has 152 valence electrons. The van der Waals surface area contributed by atoms with Crippen molar-refractivity contribution >= 4 is 35.3 Å². The van der Waals surface area contributed by atoms with Crippen LogP contribution in [0.25, 0.3) is 0 Å². The number of benzene rings is 1. The second-order valence-electron chi connectivity index (χ2n) is 7.10. The van der Waals surface area contributed by atoms with Gasteiger partial charge in [0.2, 0.25) is 0 Å². The number of hydrogen-bond acceptors (Lipinski definition) is 5. The first kappa shape index (κ1) is 19.8. The van der Waals surface area contributed by atoms with Gasteiger partial charge in [0.15, 0.2) is 11.8 Å². The number of imide groups is 1. The number of carbonyl (C=O) groups is 3. The highest BCUT2D eigenvalue weighted by molar-refractivity contribution is 8.04. The monoisotopic (exact) mass is 418 g/mol. The normalized spacial score (nSPS) is 23.7. The van der Waals surface area contributed by atoms with Gasteiger partial charge in [0.25, 0.3) is 5.91 Å². The lowest BCUT2D eigenvalue weighted by molar-refractivity contribution is -0.427. The lowest BCUT2D eigenvalue weighted by atomic mass is 10.1. The Morgan fingerprint density at radius 2 is 2.10 bits per heavy atom. The van der Waals surface area contributed by atoms with Crippen molar-refractivity contribution < 1.29 is 28.1 Å². The number of hydrogen-bond donors (Lipinski definition) is 1. The molecule has 0 saturated carbocycles. The molecular weight excluding hydrogens is 397 g/mol. The number of urea groups is 1. The molecule has 2 atom stereocenters. The minimum absolute atomic E-state index is 0.00916. The average Bonchev–Trinajstić information content (AvgIpc) is 3.40. The Kier molecular flexibility index (Phi) is 5.77. The van der Waals surface area contributed by atoms with Crippen LogP contribution in [0, 0.1) is 5.82 Å². The van der Waals surface area contributed by atoms with Crippen LogP contribution in [0.4, 0.5) is 9.18 Å². The van der Waals surface area contributed by atoms with Gasteiger partial charge >= 0.3 is 11.9 Å². The summed E-state index contributed by atoms with van der Waals surface area (Å²) < 4.78 is 20.0. The fourth-order valence-corrected chi connectivity index (χ4v) is 4.53. The van der Waals surface area contributed by atoms with Gasteiger partial charge in [0.1, 0.15) is 18.1 Å². The topological polar surface area (TPSA) is 78.7 Å². The summed E-state index contributed by atoms with van der Waals surface area (Å²) in [7, 11) is 0. The van der Waals surface area contributed by atoms with E-state index in [0.29, 0.717) is 24.4 Å².